The summed E-state index contributed by atoms with van der Waals surface area (Å²) in [5, 5.41) is 13.8. The summed E-state index contributed by atoms with van der Waals surface area (Å²) < 4.78 is 1.68. The summed E-state index contributed by atoms with van der Waals surface area (Å²) in [6.45, 7) is 4.19. The molecule has 0 bridgehead atoms. The number of nitrogens with zero attached hydrogens (tertiary/aromatic N) is 2. The van der Waals surface area contributed by atoms with Gasteiger partial charge in [-0.05, 0) is 24.3 Å². The number of hydrogen-bond acceptors (Lipinski definition) is 2. The second kappa shape index (κ2) is 4.51. The van der Waals surface area contributed by atoms with Crippen LogP contribution in [0.25, 0.3) is 0 Å². The van der Waals surface area contributed by atoms with Gasteiger partial charge in [-0.3, -0.25) is 4.68 Å². The molecule has 1 heterocycles. The lowest BCUT2D eigenvalue weighted by molar-refractivity contribution is -0.150. The van der Waals surface area contributed by atoms with E-state index >= 15 is 0 Å². The highest BCUT2D eigenvalue weighted by Crippen LogP contribution is 2.35. The fourth-order valence-electron chi connectivity index (χ4n) is 2.55. The van der Waals surface area contributed by atoms with Crippen LogP contribution in [0.2, 0.25) is 0 Å². The summed E-state index contributed by atoms with van der Waals surface area (Å²) in [7, 11) is 0. The molecule has 0 aliphatic heterocycles. The maximum atomic E-state index is 11.6. The minimum atomic E-state index is -0.800. The zero-order chi connectivity index (χ0) is 12.5. The van der Waals surface area contributed by atoms with E-state index in [-0.39, 0.29) is 0 Å². The van der Waals surface area contributed by atoms with Crippen molar-refractivity contribution < 1.29 is 9.90 Å². The first-order valence-electron chi connectivity index (χ1n) is 6.35. The molecule has 1 saturated carbocycles. The van der Waals surface area contributed by atoms with Gasteiger partial charge in [0.15, 0.2) is 5.54 Å². The van der Waals surface area contributed by atoms with Gasteiger partial charge < -0.3 is 5.11 Å². The van der Waals surface area contributed by atoms with E-state index in [4.69, 9.17) is 0 Å². The minimum absolute atomic E-state index is 0.387. The van der Waals surface area contributed by atoms with Crippen molar-refractivity contribution in [2.45, 2.75) is 57.4 Å². The van der Waals surface area contributed by atoms with E-state index in [2.05, 4.69) is 18.9 Å². The van der Waals surface area contributed by atoms with Crippen molar-refractivity contribution in [3.63, 3.8) is 0 Å². The molecule has 0 spiro atoms. The van der Waals surface area contributed by atoms with E-state index in [1.807, 2.05) is 6.20 Å². The van der Waals surface area contributed by atoms with Crippen LogP contribution in [0.5, 0.6) is 0 Å². The van der Waals surface area contributed by atoms with Crippen molar-refractivity contribution in [1.82, 2.24) is 9.78 Å². The topological polar surface area (TPSA) is 55.1 Å². The van der Waals surface area contributed by atoms with Gasteiger partial charge in [0.1, 0.15) is 0 Å². The lowest BCUT2D eigenvalue weighted by Gasteiger charge is -2.33. The number of carbonyl (C=O) groups is 1. The first-order valence-corrected chi connectivity index (χ1v) is 6.35. The van der Waals surface area contributed by atoms with E-state index in [9.17, 15) is 9.90 Å². The van der Waals surface area contributed by atoms with Crippen LogP contribution in [0.4, 0.5) is 0 Å². The Bertz CT molecular complexity index is 403. The summed E-state index contributed by atoms with van der Waals surface area (Å²) in [5.41, 5.74) is 0.307. The highest BCUT2D eigenvalue weighted by atomic mass is 16.4. The Balaban J connectivity index is 2.35. The average Bonchev–Trinajstić information content (AvgIpc) is 2.79. The van der Waals surface area contributed by atoms with Gasteiger partial charge in [0.05, 0.1) is 6.20 Å². The summed E-state index contributed by atoms with van der Waals surface area (Å²) >= 11 is 0. The van der Waals surface area contributed by atoms with Crippen LogP contribution in [-0.4, -0.2) is 20.9 Å². The molecule has 1 aromatic rings. The van der Waals surface area contributed by atoms with Crippen LogP contribution >= 0.6 is 0 Å². The largest absolute Gasteiger partial charge is 0.479 e. The highest BCUT2D eigenvalue weighted by molar-refractivity contribution is 5.76. The van der Waals surface area contributed by atoms with Crippen molar-refractivity contribution in [2.24, 2.45) is 0 Å². The Morgan fingerprint density at radius 3 is 2.53 bits per heavy atom. The van der Waals surface area contributed by atoms with Gasteiger partial charge in [0, 0.05) is 6.20 Å². The predicted octanol–water partition coefficient (Wildman–Crippen LogP) is 2.75. The Kier molecular flexibility index (Phi) is 3.22. The average molecular weight is 236 g/mol. The zero-order valence-electron chi connectivity index (χ0n) is 10.5. The summed E-state index contributed by atoms with van der Waals surface area (Å²) in [6, 6.07) is 0. The normalized spacial score (nSPS) is 19.5. The number of carboxylic acids is 1. The molecule has 1 aliphatic rings. The molecule has 2 rings (SSSR count). The summed E-state index contributed by atoms with van der Waals surface area (Å²) in [5.74, 6) is -0.353. The van der Waals surface area contributed by atoms with Gasteiger partial charge in [-0.1, -0.05) is 33.1 Å². The van der Waals surface area contributed by atoms with Crippen molar-refractivity contribution in [1.29, 1.82) is 0 Å². The number of rotatable bonds is 3. The smallest absolute Gasteiger partial charge is 0.331 e. The summed E-state index contributed by atoms with van der Waals surface area (Å²) in [4.78, 5) is 11.6. The number of carboxylic acid groups (broad SMARTS) is 1. The SMILES string of the molecule is CC(C)c1cnn(C2(C(=O)O)CCCCC2)c1. The van der Waals surface area contributed by atoms with Crippen molar-refractivity contribution in [3.05, 3.63) is 18.0 Å². The Hall–Kier alpha value is -1.32. The third kappa shape index (κ3) is 2.08. The molecule has 1 fully saturated rings. The number of aromatic nitrogens is 2. The first-order chi connectivity index (χ1) is 8.06. The van der Waals surface area contributed by atoms with Gasteiger partial charge in [-0.15, -0.1) is 0 Å². The van der Waals surface area contributed by atoms with Crippen molar-refractivity contribution >= 4 is 5.97 Å². The Labute approximate surface area is 102 Å². The van der Waals surface area contributed by atoms with E-state index in [1.54, 1.807) is 10.9 Å². The zero-order valence-corrected chi connectivity index (χ0v) is 10.5. The molecule has 94 valence electrons. The van der Waals surface area contributed by atoms with Crippen LogP contribution in [0.3, 0.4) is 0 Å². The monoisotopic (exact) mass is 236 g/mol. The van der Waals surface area contributed by atoms with Gasteiger partial charge in [0.25, 0.3) is 0 Å². The Morgan fingerprint density at radius 1 is 1.41 bits per heavy atom. The van der Waals surface area contributed by atoms with E-state index in [0.29, 0.717) is 18.8 Å². The lowest BCUT2D eigenvalue weighted by Crippen LogP contribution is -2.44. The molecule has 4 nitrogen and oxygen atoms in total. The molecule has 1 aromatic heterocycles. The van der Waals surface area contributed by atoms with Crippen LogP contribution < -0.4 is 0 Å². The summed E-state index contributed by atoms with van der Waals surface area (Å²) in [6.07, 6.45) is 8.18. The molecule has 0 unspecified atom stereocenters. The van der Waals surface area contributed by atoms with Crippen LogP contribution in [-0.2, 0) is 10.3 Å². The third-order valence-corrected chi connectivity index (χ3v) is 3.79. The fourth-order valence-corrected chi connectivity index (χ4v) is 2.55. The predicted molar refractivity (Wildman–Crippen MR) is 65.0 cm³/mol. The maximum absolute atomic E-state index is 11.6. The molecule has 17 heavy (non-hydrogen) atoms. The lowest BCUT2D eigenvalue weighted by atomic mass is 9.82. The van der Waals surface area contributed by atoms with Crippen molar-refractivity contribution in [2.75, 3.05) is 0 Å². The first kappa shape index (κ1) is 12.1. The van der Waals surface area contributed by atoms with Crippen LogP contribution in [0.15, 0.2) is 12.4 Å². The van der Waals surface area contributed by atoms with Gasteiger partial charge in [0.2, 0.25) is 0 Å². The van der Waals surface area contributed by atoms with E-state index < -0.39 is 11.5 Å². The van der Waals surface area contributed by atoms with E-state index in [1.165, 1.54) is 0 Å². The maximum Gasteiger partial charge on any atom is 0.331 e. The second-order valence-corrected chi connectivity index (χ2v) is 5.27. The molecule has 0 aromatic carbocycles. The van der Waals surface area contributed by atoms with E-state index in [0.717, 1.165) is 24.8 Å². The molecule has 1 aliphatic carbocycles. The standard InChI is InChI=1S/C13H20N2O2/c1-10(2)11-8-14-15(9-11)13(12(16)17)6-4-3-5-7-13/h8-10H,3-7H2,1-2H3,(H,16,17). The third-order valence-electron chi connectivity index (χ3n) is 3.79. The van der Waals surface area contributed by atoms with Gasteiger partial charge in [-0.2, -0.15) is 5.10 Å². The molecule has 0 atom stereocenters. The molecule has 0 radical (unpaired) electrons. The van der Waals surface area contributed by atoms with Gasteiger partial charge in [-0.25, -0.2) is 4.79 Å². The van der Waals surface area contributed by atoms with Crippen LogP contribution in [0.1, 0.15) is 57.4 Å². The fraction of sp³-hybridized carbons (Fsp3) is 0.692. The molecule has 4 heteroatoms. The minimum Gasteiger partial charge on any atom is -0.479 e. The van der Waals surface area contributed by atoms with Crippen molar-refractivity contribution in [3.8, 4) is 0 Å². The number of aliphatic carboxylic acids is 1. The second-order valence-electron chi connectivity index (χ2n) is 5.27. The van der Waals surface area contributed by atoms with Gasteiger partial charge >= 0.3 is 5.97 Å². The quantitative estimate of drug-likeness (QED) is 0.878. The highest BCUT2D eigenvalue weighted by Gasteiger charge is 2.42. The molecular formula is C13H20N2O2. The molecule has 1 N–H and O–H groups in total. The Morgan fingerprint density at radius 2 is 2.06 bits per heavy atom. The molecule has 0 amide bonds. The molecular weight excluding hydrogens is 216 g/mol. The molecule has 0 saturated heterocycles. The number of hydrogen-bond donors (Lipinski definition) is 1. The van der Waals surface area contributed by atoms with Crippen LogP contribution in [0, 0.1) is 0 Å².